The van der Waals surface area contributed by atoms with Gasteiger partial charge in [0.15, 0.2) is 6.61 Å². The Labute approximate surface area is 120 Å². The van der Waals surface area contributed by atoms with Gasteiger partial charge in [-0.15, -0.1) is 0 Å². The largest absolute Gasteiger partial charge is 0.484 e. The highest BCUT2D eigenvalue weighted by molar-refractivity contribution is 5.75. The molecule has 0 aliphatic rings. The Kier molecular flexibility index (Phi) is 7.04. The third-order valence-corrected chi connectivity index (χ3v) is 3.02. The summed E-state index contributed by atoms with van der Waals surface area (Å²) in [5.41, 5.74) is 6.17. The molecule has 3 N–H and O–H groups in total. The van der Waals surface area contributed by atoms with E-state index in [-0.39, 0.29) is 6.61 Å². The van der Waals surface area contributed by atoms with Crippen LogP contribution in [0.3, 0.4) is 0 Å². The number of amides is 1. The molecular weight excluding hydrogens is 256 g/mol. The molecule has 0 radical (unpaired) electrons. The second-order valence-corrected chi connectivity index (χ2v) is 5.09. The van der Waals surface area contributed by atoms with Crippen molar-refractivity contribution in [3.05, 3.63) is 29.8 Å². The van der Waals surface area contributed by atoms with Crippen LogP contribution in [0.4, 0.5) is 0 Å². The molecule has 5 nitrogen and oxygen atoms in total. The van der Waals surface area contributed by atoms with Crippen LogP contribution in [0.1, 0.15) is 19.4 Å². The number of nitrogens with one attached hydrogen (secondary N) is 1. The first kappa shape index (κ1) is 16.5. The van der Waals surface area contributed by atoms with Crippen molar-refractivity contribution in [3.63, 3.8) is 0 Å². The summed E-state index contributed by atoms with van der Waals surface area (Å²) in [6.07, 6.45) is 0. The Morgan fingerprint density at radius 3 is 2.45 bits per heavy atom. The minimum Gasteiger partial charge on any atom is -0.484 e. The molecular formula is C15H24N2O3. The summed E-state index contributed by atoms with van der Waals surface area (Å²) < 4.78 is 10.4. The van der Waals surface area contributed by atoms with E-state index in [1.165, 1.54) is 0 Å². The van der Waals surface area contributed by atoms with Gasteiger partial charge in [0.25, 0.3) is 5.91 Å². The van der Waals surface area contributed by atoms with Crippen molar-refractivity contribution in [3.8, 4) is 5.75 Å². The van der Waals surface area contributed by atoms with Gasteiger partial charge in [0.1, 0.15) is 5.75 Å². The number of hydrogen-bond donors (Lipinski definition) is 2. The number of ether oxygens (including phenoxy) is 2. The maximum atomic E-state index is 10.6. The van der Waals surface area contributed by atoms with Gasteiger partial charge in [0.2, 0.25) is 0 Å². The smallest absolute Gasteiger partial charge is 0.255 e. The van der Waals surface area contributed by atoms with E-state index in [0.29, 0.717) is 24.3 Å². The average Bonchev–Trinajstić information content (AvgIpc) is 2.42. The average molecular weight is 280 g/mol. The lowest BCUT2D eigenvalue weighted by atomic mass is 10.0. The Morgan fingerprint density at radius 1 is 1.30 bits per heavy atom. The monoisotopic (exact) mass is 280 g/mol. The minimum atomic E-state index is -0.477. The van der Waals surface area contributed by atoms with Crippen molar-refractivity contribution in [1.82, 2.24) is 5.32 Å². The van der Waals surface area contributed by atoms with Crippen molar-refractivity contribution in [2.45, 2.75) is 26.4 Å². The maximum absolute atomic E-state index is 10.6. The lowest BCUT2D eigenvalue weighted by Crippen LogP contribution is -2.37. The van der Waals surface area contributed by atoms with Crippen molar-refractivity contribution >= 4 is 5.91 Å². The van der Waals surface area contributed by atoms with E-state index in [0.717, 1.165) is 12.1 Å². The van der Waals surface area contributed by atoms with E-state index in [1.54, 1.807) is 7.11 Å². The topological polar surface area (TPSA) is 73.6 Å². The number of carbonyl (C=O) groups is 1. The SMILES string of the molecule is COCC(NCc1ccc(OCC(N)=O)cc1)C(C)C. The zero-order valence-corrected chi connectivity index (χ0v) is 12.4. The van der Waals surface area contributed by atoms with Gasteiger partial charge in [-0.05, 0) is 23.6 Å². The molecule has 5 heteroatoms. The van der Waals surface area contributed by atoms with E-state index in [1.807, 2.05) is 24.3 Å². The van der Waals surface area contributed by atoms with Crippen LogP contribution in [0.5, 0.6) is 5.75 Å². The molecule has 20 heavy (non-hydrogen) atoms. The van der Waals surface area contributed by atoms with Gasteiger partial charge in [0.05, 0.1) is 6.61 Å². The van der Waals surface area contributed by atoms with Crippen LogP contribution >= 0.6 is 0 Å². The second-order valence-electron chi connectivity index (χ2n) is 5.09. The Hall–Kier alpha value is -1.59. The van der Waals surface area contributed by atoms with Gasteiger partial charge in [-0.2, -0.15) is 0 Å². The summed E-state index contributed by atoms with van der Waals surface area (Å²) in [5.74, 6) is 0.674. The molecule has 0 bridgehead atoms. The van der Waals surface area contributed by atoms with Crippen molar-refractivity contribution < 1.29 is 14.3 Å². The van der Waals surface area contributed by atoms with E-state index >= 15 is 0 Å². The summed E-state index contributed by atoms with van der Waals surface area (Å²) in [6.45, 7) is 5.69. The summed E-state index contributed by atoms with van der Waals surface area (Å²) >= 11 is 0. The number of rotatable bonds is 9. The highest BCUT2D eigenvalue weighted by Crippen LogP contribution is 2.12. The third-order valence-electron chi connectivity index (χ3n) is 3.02. The lowest BCUT2D eigenvalue weighted by molar-refractivity contribution is -0.119. The molecule has 0 saturated carbocycles. The van der Waals surface area contributed by atoms with Crippen molar-refractivity contribution in [2.24, 2.45) is 11.7 Å². The quantitative estimate of drug-likeness (QED) is 0.715. The number of carbonyl (C=O) groups excluding carboxylic acids is 1. The molecule has 1 aromatic carbocycles. The molecule has 0 aliphatic carbocycles. The van der Waals surface area contributed by atoms with Crippen LogP contribution in [0, 0.1) is 5.92 Å². The normalized spacial score (nSPS) is 12.4. The molecule has 0 aliphatic heterocycles. The number of hydrogen-bond acceptors (Lipinski definition) is 4. The molecule has 1 atom stereocenters. The molecule has 1 unspecified atom stereocenters. The first-order valence-electron chi connectivity index (χ1n) is 6.75. The number of benzene rings is 1. The van der Waals surface area contributed by atoms with E-state index in [2.05, 4.69) is 19.2 Å². The van der Waals surface area contributed by atoms with Crippen LogP contribution in [-0.2, 0) is 16.1 Å². The first-order valence-corrected chi connectivity index (χ1v) is 6.75. The fourth-order valence-electron chi connectivity index (χ4n) is 1.77. The van der Waals surface area contributed by atoms with Crippen LogP contribution in [-0.4, -0.2) is 32.3 Å². The van der Waals surface area contributed by atoms with Gasteiger partial charge in [0, 0.05) is 19.7 Å². The minimum absolute atomic E-state index is 0.0964. The predicted octanol–water partition coefficient (Wildman–Crippen LogP) is 1.31. The van der Waals surface area contributed by atoms with Gasteiger partial charge in [-0.25, -0.2) is 0 Å². The van der Waals surface area contributed by atoms with Crippen LogP contribution < -0.4 is 15.8 Å². The maximum Gasteiger partial charge on any atom is 0.255 e. The molecule has 0 heterocycles. The molecule has 112 valence electrons. The third kappa shape index (κ3) is 6.04. The van der Waals surface area contributed by atoms with Crippen molar-refractivity contribution in [1.29, 1.82) is 0 Å². The van der Waals surface area contributed by atoms with Gasteiger partial charge in [-0.3, -0.25) is 4.79 Å². The first-order chi connectivity index (χ1) is 9.52. The molecule has 0 spiro atoms. The summed E-state index contributed by atoms with van der Waals surface area (Å²) in [6, 6.07) is 7.92. The van der Waals surface area contributed by atoms with Crippen LogP contribution in [0.15, 0.2) is 24.3 Å². The number of primary amides is 1. The van der Waals surface area contributed by atoms with Gasteiger partial charge in [-0.1, -0.05) is 26.0 Å². The Balaban J connectivity index is 2.46. The van der Waals surface area contributed by atoms with E-state index < -0.39 is 5.91 Å². The van der Waals surface area contributed by atoms with Crippen LogP contribution in [0.25, 0.3) is 0 Å². The molecule has 0 fully saturated rings. The molecule has 0 saturated heterocycles. The fourth-order valence-corrected chi connectivity index (χ4v) is 1.77. The van der Waals surface area contributed by atoms with E-state index in [9.17, 15) is 4.79 Å². The molecule has 1 aromatic rings. The lowest BCUT2D eigenvalue weighted by Gasteiger charge is -2.21. The summed E-state index contributed by atoms with van der Waals surface area (Å²) in [4.78, 5) is 10.6. The standard InChI is InChI=1S/C15H24N2O3/c1-11(2)14(9-19-3)17-8-12-4-6-13(7-5-12)20-10-15(16)18/h4-7,11,14,17H,8-10H2,1-3H3,(H2,16,18). The Bertz CT molecular complexity index is 404. The Morgan fingerprint density at radius 2 is 1.95 bits per heavy atom. The van der Waals surface area contributed by atoms with Gasteiger partial charge >= 0.3 is 0 Å². The molecule has 0 aromatic heterocycles. The molecule has 1 amide bonds. The van der Waals surface area contributed by atoms with E-state index in [4.69, 9.17) is 15.2 Å². The van der Waals surface area contributed by atoms with Crippen LogP contribution in [0.2, 0.25) is 0 Å². The highest BCUT2D eigenvalue weighted by Gasteiger charge is 2.12. The zero-order chi connectivity index (χ0) is 15.0. The zero-order valence-electron chi connectivity index (χ0n) is 12.4. The van der Waals surface area contributed by atoms with Gasteiger partial charge < -0.3 is 20.5 Å². The summed E-state index contributed by atoms with van der Waals surface area (Å²) in [5, 5.41) is 3.47. The number of nitrogens with two attached hydrogens (primary N) is 1. The second kappa shape index (κ2) is 8.55. The van der Waals surface area contributed by atoms with Crippen molar-refractivity contribution in [2.75, 3.05) is 20.3 Å². The fraction of sp³-hybridized carbons (Fsp3) is 0.533. The summed E-state index contributed by atoms with van der Waals surface area (Å²) in [7, 11) is 1.71. The predicted molar refractivity (Wildman–Crippen MR) is 78.5 cm³/mol. The molecule has 1 rings (SSSR count). The number of methoxy groups -OCH3 is 1. The highest BCUT2D eigenvalue weighted by atomic mass is 16.5.